The summed E-state index contributed by atoms with van der Waals surface area (Å²) in [6, 6.07) is 0. The Hall–Kier alpha value is -0.630. The van der Waals surface area contributed by atoms with Crippen LogP contribution in [0, 0.1) is 0 Å². The van der Waals surface area contributed by atoms with Gasteiger partial charge in [-0.2, -0.15) is 12.7 Å². The van der Waals surface area contributed by atoms with Crippen molar-refractivity contribution in [1.82, 2.24) is 4.31 Å². The SMILES string of the molecule is O=S(=O)(O)N(CCOC(F)(F)F)CCOC(F)(F)F. The quantitative estimate of drug-likeness (QED) is 0.563. The largest absolute Gasteiger partial charge is 0.522 e. The molecule has 0 radical (unpaired) electrons. The van der Waals surface area contributed by atoms with Gasteiger partial charge in [-0.25, -0.2) is 0 Å². The number of rotatable bonds is 7. The highest BCUT2D eigenvalue weighted by atomic mass is 32.2. The topological polar surface area (TPSA) is 76.1 Å². The van der Waals surface area contributed by atoms with Crippen molar-refractivity contribution in [3.63, 3.8) is 0 Å². The summed E-state index contributed by atoms with van der Waals surface area (Å²) >= 11 is 0. The summed E-state index contributed by atoms with van der Waals surface area (Å²) in [6.07, 6.45) is -10.0. The van der Waals surface area contributed by atoms with Gasteiger partial charge in [-0.05, 0) is 0 Å². The highest BCUT2D eigenvalue weighted by molar-refractivity contribution is 7.83. The van der Waals surface area contributed by atoms with Crippen LogP contribution in [-0.2, 0) is 19.8 Å². The van der Waals surface area contributed by atoms with E-state index in [1.165, 1.54) is 0 Å². The minimum Gasteiger partial charge on any atom is -0.291 e. The van der Waals surface area contributed by atoms with Gasteiger partial charge in [0.2, 0.25) is 0 Å². The van der Waals surface area contributed by atoms with Crippen LogP contribution in [0.4, 0.5) is 26.3 Å². The van der Waals surface area contributed by atoms with E-state index in [9.17, 15) is 34.8 Å². The van der Waals surface area contributed by atoms with Crippen LogP contribution in [0.3, 0.4) is 0 Å². The first kappa shape index (κ1) is 18.4. The first-order chi connectivity index (χ1) is 8.31. The van der Waals surface area contributed by atoms with Crippen LogP contribution in [0.2, 0.25) is 0 Å². The fraction of sp³-hybridized carbons (Fsp3) is 1.00. The molecule has 19 heavy (non-hydrogen) atoms. The lowest BCUT2D eigenvalue weighted by Crippen LogP contribution is -2.37. The smallest absolute Gasteiger partial charge is 0.291 e. The molecule has 0 atom stereocenters. The van der Waals surface area contributed by atoms with Crippen LogP contribution in [0.1, 0.15) is 0 Å². The highest BCUT2D eigenvalue weighted by Crippen LogP contribution is 2.17. The molecule has 1 N–H and O–H groups in total. The molecule has 0 aliphatic heterocycles. The van der Waals surface area contributed by atoms with E-state index >= 15 is 0 Å². The summed E-state index contributed by atoms with van der Waals surface area (Å²) in [5.41, 5.74) is 0. The van der Waals surface area contributed by atoms with Gasteiger partial charge in [0.25, 0.3) is 0 Å². The zero-order valence-corrected chi connectivity index (χ0v) is 9.85. The summed E-state index contributed by atoms with van der Waals surface area (Å²) in [5, 5.41) is 0. The number of hydrogen-bond acceptors (Lipinski definition) is 4. The van der Waals surface area contributed by atoms with Crippen molar-refractivity contribution in [2.45, 2.75) is 12.7 Å². The van der Waals surface area contributed by atoms with E-state index in [1.54, 1.807) is 0 Å². The molecule has 116 valence electrons. The lowest BCUT2D eigenvalue weighted by Gasteiger charge is -2.19. The van der Waals surface area contributed by atoms with E-state index in [0.717, 1.165) is 0 Å². The molecule has 13 heteroatoms. The summed E-state index contributed by atoms with van der Waals surface area (Å²) in [5.74, 6) is 0. The molecule has 0 aliphatic carbocycles. The number of halogens is 6. The maximum Gasteiger partial charge on any atom is 0.522 e. The number of hydrogen-bond donors (Lipinski definition) is 1. The molecule has 0 bridgehead atoms. The second-order valence-electron chi connectivity index (χ2n) is 2.97. The molecule has 6 nitrogen and oxygen atoms in total. The van der Waals surface area contributed by atoms with Gasteiger partial charge >= 0.3 is 23.0 Å². The second-order valence-corrected chi connectivity index (χ2v) is 4.38. The molecule has 0 rings (SSSR count). The predicted molar refractivity (Wildman–Crippen MR) is 47.1 cm³/mol. The Morgan fingerprint density at radius 3 is 1.42 bits per heavy atom. The van der Waals surface area contributed by atoms with Gasteiger partial charge in [0.15, 0.2) is 0 Å². The van der Waals surface area contributed by atoms with Crippen LogP contribution in [0.25, 0.3) is 0 Å². The Bertz CT molecular complexity index is 345. The molecule has 0 fully saturated rings. The molecular weight excluding hydrogens is 312 g/mol. The summed E-state index contributed by atoms with van der Waals surface area (Å²) in [7, 11) is -4.96. The summed E-state index contributed by atoms with van der Waals surface area (Å²) < 4.78 is 106. The zero-order valence-electron chi connectivity index (χ0n) is 9.03. The minimum absolute atomic E-state index is 0.0511. The van der Waals surface area contributed by atoms with E-state index in [-0.39, 0.29) is 4.31 Å². The van der Waals surface area contributed by atoms with Crippen molar-refractivity contribution in [3.05, 3.63) is 0 Å². The van der Waals surface area contributed by atoms with Gasteiger partial charge in [0.05, 0.1) is 13.2 Å². The van der Waals surface area contributed by atoms with E-state index in [2.05, 4.69) is 9.47 Å². The fourth-order valence-electron chi connectivity index (χ4n) is 0.869. The Labute approximate surface area is 103 Å². The minimum atomic E-state index is -5.02. The molecular formula is C6H9F6NO5S. The third-order valence-electron chi connectivity index (χ3n) is 1.54. The van der Waals surface area contributed by atoms with Crippen molar-refractivity contribution >= 4 is 10.3 Å². The maximum absolute atomic E-state index is 11.6. The van der Waals surface area contributed by atoms with Crippen molar-refractivity contribution < 1.29 is 48.8 Å². The van der Waals surface area contributed by atoms with Gasteiger partial charge < -0.3 is 0 Å². The Morgan fingerprint density at radius 1 is 0.895 bits per heavy atom. The van der Waals surface area contributed by atoms with Gasteiger partial charge in [0.1, 0.15) is 0 Å². The standard InChI is InChI=1S/C6H9F6NO5S/c7-5(8,9)17-3-1-13(19(14,15)16)2-4-18-6(10,11)12/h1-4H2,(H,14,15,16). The van der Waals surface area contributed by atoms with E-state index in [4.69, 9.17) is 4.55 Å². The van der Waals surface area contributed by atoms with Crippen LogP contribution in [-0.4, -0.2) is 56.3 Å². The Kier molecular flexibility index (Phi) is 6.47. The van der Waals surface area contributed by atoms with Crippen LogP contribution in [0.15, 0.2) is 0 Å². The van der Waals surface area contributed by atoms with Gasteiger partial charge in [-0.15, -0.1) is 26.3 Å². The van der Waals surface area contributed by atoms with Crippen LogP contribution >= 0.6 is 0 Å². The normalized spacial score (nSPS) is 14.1. The van der Waals surface area contributed by atoms with Crippen molar-refractivity contribution in [3.8, 4) is 0 Å². The van der Waals surface area contributed by atoms with E-state index in [0.29, 0.717) is 0 Å². The molecule has 0 spiro atoms. The summed E-state index contributed by atoms with van der Waals surface area (Å²) in [6.45, 7) is -4.34. The van der Waals surface area contributed by atoms with E-state index < -0.39 is 49.3 Å². The molecule has 0 aromatic heterocycles. The first-order valence-electron chi connectivity index (χ1n) is 4.45. The Morgan fingerprint density at radius 2 is 1.21 bits per heavy atom. The van der Waals surface area contributed by atoms with Crippen LogP contribution < -0.4 is 0 Å². The van der Waals surface area contributed by atoms with Gasteiger partial charge in [-0.3, -0.25) is 14.0 Å². The number of nitrogens with zero attached hydrogens (tertiary/aromatic N) is 1. The predicted octanol–water partition coefficient (Wildman–Crippen LogP) is 1.16. The van der Waals surface area contributed by atoms with Gasteiger partial charge in [-0.1, -0.05) is 0 Å². The average molecular weight is 321 g/mol. The molecule has 0 unspecified atom stereocenters. The monoisotopic (exact) mass is 321 g/mol. The lowest BCUT2D eigenvalue weighted by molar-refractivity contribution is -0.326. The Balaban J connectivity index is 4.27. The molecule has 0 aliphatic rings. The highest BCUT2D eigenvalue weighted by Gasteiger charge is 2.32. The molecule has 0 saturated heterocycles. The maximum atomic E-state index is 11.6. The van der Waals surface area contributed by atoms with Crippen molar-refractivity contribution in [1.29, 1.82) is 0 Å². The van der Waals surface area contributed by atoms with Crippen molar-refractivity contribution in [2.75, 3.05) is 26.3 Å². The average Bonchev–Trinajstić information content (AvgIpc) is 2.09. The molecule has 0 aromatic rings. The van der Waals surface area contributed by atoms with E-state index in [1.807, 2.05) is 0 Å². The molecule has 0 aromatic carbocycles. The zero-order chi connectivity index (χ0) is 15.3. The second kappa shape index (κ2) is 6.69. The first-order valence-corrected chi connectivity index (χ1v) is 5.85. The molecule has 0 amide bonds. The third-order valence-corrected chi connectivity index (χ3v) is 2.56. The molecule has 0 saturated carbocycles. The van der Waals surface area contributed by atoms with Gasteiger partial charge in [0, 0.05) is 13.1 Å². The van der Waals surface area contributed by atoms with Crippen molar-refractivity contribution in [2.24, 2.45) is 0 Å². The van der Waals surface area contributed by atoms with Crippen LogP contribution in [0.5, 0.6) is 0 Å². The summed E-state index contributed by atoms with van der Waals surface area (Å²) in [4.78, 5) is 0. The third kappa shape index (κ3) is 10.9. The number of alkyl halides is 6. The fourth-order valence-corrected chi connectivity index (χ4v) is 1.48. The lowest BCUT2D eigenvalue weighted by atomic mass is 10.6. The molecule has 0 heterocycles. The number of ether oxygens (including phenoxy) is 2.